The summed E-state index contributed by atoms with van der Waals surface area (Å²) in [6, 6.07) is 27.9. The molecule has 4 aromatic carbocycles. The van der Waals surface area contributed by atoms with E-state index in [-0.39, 0.29) is 66.1 Å². The van der Waals surface area contributed by atoms with Crippen LogP contribution in [0.25, 0.3) is 0 Å². The van der Waals surface area contributed by atoms with Gasteiger partial charge in [-0.15, -0.1) is 0 Å². The second kappa shape index (κ2) is 30.9. The highest BCUT2D eigenvalue weighted by molar-refractivity contribution is 5.97. The van der Waals surface area contributed by atoms with Gasteiger partial charge >= 0.3 is 30.0 Å². The first-order valence-corrected chi connectivity index (χ1v) is 32.3. The standard InChI is InChI=1S/C71H89N7O18/c1-40(2)54(73)64(86)76-49(36-44-24-14-10-15-25-44)63(85)75-48(32-22-23-33-72)62(84)74-34-35-78(9)67(89)94-57(55(45-26-16-11-17-27-45)77-61(83)46-28-18-12-19-29-46)66(88)93-50-38-71(90)60(95-65(87)47-30-20-13-21-31-47)58-69(8,51(81)37-52-70(58,39-91-52)96-43(5)80)59(82)56(92-42(4)79)53(41(50)3)68(71,6)7/h10-21,24-31,40,48-52,54-58,60,81,90H,22-23,32-39,72-73H2,1-9H3,(H,74,84)(H,75,85)(H,76,86)(H,77,83)/t48-,49-,50-,51-,52+,54+,55-,56+,57+,58-,60-,69+,70-,71+/m0/s1. The van der Waals surface area contributed by atoms with Gasteiger partial charge in [0.15, 0.2) is 17.5 Å². The Morgan fingerprint density at radius 1 is 0.750 bits per heavy atom. The van der Waals surface area contributed by atoms with Crippen molar-refractivity contribution in [3.63, 3.8) is 0 Å². The lowest BCUT2D eigenvalue weighted by Gasteiger charge is -2.67. The molecule has 3 fully saturated rings. The van der Waals surface area contributed by atoms with E-state index in [0.717, 1.165) is 24.3 Å². The first kappa shape index (κ1) is 72.9. The molecule has 4 aromatic rings. The van der Waals surface area contributed by atoms with Crippen molar-refractivity contribution >= 4 is 59.4 Å². The number of unbranched alkanes of at least 4 members (excludes halogenated alkanes) is 1. The summed E-state index contributed by atoms with van der Waals surface area (Å²) < 4.78 is 37.3. The zero-order chi connectivity index (χ0) is 70.0. The maximum absolute atomic E-state index is 16.0. The lowest BCUT2D eigenvalue weighted by molar-refractivity contribution is -0.346. The molecule has 8 rings (SSSR count). The van der Waals surface area contributed by atoms with Crippen molar-refractivity contribution < 1.29 is 86.6 Å². The molecule has 2 saturated carbocycles. The number of nitrogens with two attached hydrogens (primary N) is 2. The highest BCUT2D eigenvalue weighted by Crippen LogP contribution is 2.64. The quantitative estimate of drug-likeness (QED) is 0.0188. The van der Waals surface area contributed by atoms with Gasteiger partial charge in [-0.2, -0.15) is 0 Å². The number of hydrogen-bond donors (Lipinski definition) is 8. The number of carbonyl (C=O) groups is 10. The molecule has 0 spiro atoms. The maximum atomic E-state index is 16.0. The van der Waals surface area contributed by atoms with Crippen LogP contribution in [0.2, 0.25) is 0 Å². The third-order valence-electron chi connectivity index (χ3n) is 19.3. The summed E-state index contributed by atoms with van der Waals surface area (Å²) in [6.07, 6.45) is -11.5. The molecule has 96 heavy (non-hydrogen) atoms. The summed E-state index contributed by atoms with van der Waals surface area (Å²) >= 11 is 0. The van der Waals surface area contributed by atoms with Crippen LogP contribution in [-0.4, -0.2) is 174 Å². The number of Topliss-reactive ketones (excluding diaryl/α,β-unsaturated/α-hetero) is 1. The third kappa shape index (κ3) is 15.5. The Balaban J connectivity index is 1.15. The van der Waals surface area contributed by atoms with Crippen LogP contribution in [0.3, 0.4) is 0 Å². The van der Waals surface area contributed by atoms with Gasteiger partial charge in [-0.05, 0) is 92.1 Å². The molecule has 0 radical (unpaired) electrons. The Hall–Kier alpha value is -8.88. The van der Waals surface area contributed by atoms with Gasteiger partial charge in [-0.1, -0.05) is 125 Å². The minimum atomic E-state index is -2.56. The van der Waals surface area contributed by atoms with Gasteiger partial charge in [0, 0.05) is 64.2 Å². The lowest BCUT2D eigenvalue weighted by atomic mass is 9.44. The van der Waals surface area contributed by atoms with E-state index in [2.05, 4.69) is 21.3 Å². The smallest absolute Gasteiger partial charge is 0.410 e. The van der Waals surface area contributed by atoms with Crippen LogP contribution in [0.1, 0.15) is 125 Å². The van der Waals surface area contributed by atoms with Crippen molar-refractivity contribution in [3.05, 3.63) is 155 Å². The largest absolute Gasteiger partial charge is 0.455 e. The molecule has 5 amide bonds. The van der Waals surface area contributed by atoms with Crippen LogP contribution in [0.15, 0.2) is 132 Å². The predicted molar refractivity (Wildman–Crippen MR) is 347 cm³/mol. The number of aliphatic hydroxyl groups is 2. The van der Waals surface area contributed by atoms with E-state index >= 15 is 9.59 Å². The maximum Gasteiger partial charge on any atom is 0.410 e. The lowest BCUT2D eigenvalue weighted by Crippen LogP contribution is -2.82. The summed E-state index contributed by atoms with van der Waals surface area (Å²) in [6.45, 7) is 11.0. The van der Waals surface area contributed by atoms with Crippen molar-refractivity contribution in [1.29, 1.82) is 0 Å². The van der Waals surface area contributed by atoms with Gasteiger partial charge in [0.25, 0.3) is 5.91 Å². The van der Waals surface area contributed by atoms with E-state index < -0.39 is 161 Å². The van der Waals surface area contributed by atoms with Crippen molar-refractivity contribution in [2.75, 3.05) is 33.3 Å². The molecule has 516 valence electrons. The fraction of sp³-hybridized carbons (Fsp3) is 0.493. The second-order valence-electron chi connectivity index (χ2n) is 26.3. The van der Waals surface area contributed by atoms with Crippen LogP contribution in [0.5, 0.6) is 0 Å². The summed E-state index contributed by atoms with van der Waals surface area (Å²) in [5.41, 5.74) is 4.65. The van der Waals surface area contributed by atoms with Crippen molar-refractivity contribution in [2.45, 2.75) is 166 Å². The summed E-state index contributed by atoms with van der Waals surface area (Å²) in [4.78, 5) is 145. The monoisotopic (exact) mass is 1330 g/mol. The third-order valence-corrected chi connectivity index (χ3v) is 19.3. The number of nitrogens with zero attached hydrogens (tertiary/aromatic N) is 1. The number of fused-ring (bicyclic) bond motifs is 5. The van der Waals surface area contributed by atoms with Crippen LogP contribution >= 0.6 is 0 Å². The zero-order valence-corrected chi connectivity index (χ0v) is 55.6. The van der Waals surface area contributed by atoms with Gasteiger partial charge < -0.3 is 76.3 Å². The van der Waals surface area contributed by atoms with Crippen LogP contribution in [-0.2, 0) is 68.4 Å². The predicted octanol–water partition coefficient (Wildman–Crippen LogP) is 4.25. The topological polar surface area (TPSA) is 370 Å². The normalized spacial score (nSPS) is 25.5. The fourth-order valence-electron chi connectivity index (χ4n) is 13.7. The van der Waals surface area contributed by atoms with Gasteiger partial charge in [-0.3, -0.25) is 33.6 Å². The highest BCUT2D eigenvalue weighted by Gasteiger charge is 2.78. The molecule has 10 N–H and O–H groups in total. The number of ketones is 1. The molecule has 1 aliphatic heterocycles. The first-order chi connectivity index (χ1) is 45.5. The Kier molecular flexibility index (Phi) is 23.5. The molecule has 14 atom stereocenters. The number of hydrogen-bond acceptors (Lipinski definition) is 20. The van der Waals surface area contributed by atoms with Crippen molar-refractivity contribution in [3.8, 4) is 0 Å². The number of ether oxygens (including phenoxy) is 6. The Morgan fingerprint density at radius 2 is 1.34 bits per heavy atom. The van der Waals surface area contributed by atoms with E-state index in [4.69, 9.17) is 39.9 Å². The zero-order valence-electron chi connectivity index (χ0n) is 55.6. The van der Waals surface area contributed by atoms with Crippen LogP contribution in [0, 0.1) is 22.7 Å². The Bertz CT molecular complexity index is 3520. The second-order valence-corrected chi connectivity index (χ2v) is 26.3. The van der Waals surface area contributed by atoms with E-state index in [9.17, 15) is 48.6 Å². The minimum Gasteiger partial charge on any atom is -0.455 e. The number of likely N-dealkylation sites (N-methyl/N-ethyl adjacent to an activating group) is 1. The Labute approximate surface area is 558 Å². The van der Waals surface area contributed by atoms with E-state index in [0.29, 0.717) is 19.4 Å². The molecule has 4 aliphatic rings. The summed E-state index contributed by atoms with van der Waals surface area (Å²) in [7, 11) is 1.32. The number of esters is 4. The van der Waals surface area contributed by atoms with E-state index in [1.807, 2.05) is 6.07 Å². The van der Waals surface area contributed by atoms with Crippen molar-refractivity contribution in [1.82, 2.24) is 26.2 Å². The first-order valence-electron chi connectivity index (χ1n) is 32.3. The average molecular weight is 1330 g/mol. The van der Waals surface area contributed by atoms with Gasteiger partial charge in [-0.25, -0.2) is 14.4 Å². The molecule has 25 heteroatoms. The SMILES string of the molecule is CC(=O)O[C@H]1C(=O)[C@@]2(C)[C@H]([C@H](OC(=O)c3ccccc3)[C@]3(O)C[C@H](OC(=O)[C@H](OC(=O)N(C)CCNC(=O)[C@H](CCCCN)NC(=O)[C@H](Cc4ccccc4)NC(=O)[C@H](N)C(C)C)[C@@H](NC(=O)c4ccccc4)c4ccccc4)C(C)=C1C3(C)C)[C@]1(OC(C)=O)CO[C@@H]1C[C@@H]2O. The molecule has 25 nitrogen and oxygen atoms in total. The molecule has 2 bridgehead atoms. The number of benzene rings is 4. The number of aliphatic hydroxyl groups excluding tert-OH is 1. The number of nitrogens with one attached hydrogen (secondary N) is 4. The minimum absolute atomic E-state index is 0.00385. The summed E-state index contributed by atoms with van der Waals surface area (Å²) in [5, 5.41) is 37.7. The van der Waals surface area contributed by atoms with Crippen LogP contribution in [0.4, 0.5) is 4.79 Å². The molecular weight excluding hydrogens is 1240 g/mol. The van der Waals surface area contributed by atoms with Gasteiger partial charge in [0.2, 0.25) is 23.8 Å². The van der Waals surface area contributed by atoms with Gasteiger partial charge in [0.1, 0.15) is 42.0 Å². The Morgan fingerprint density at radius 3 is 1.92 bits per heavy atom. The molecule has 0 aromatic heterocycles. The molecule has 1 heterocycles. The summed E-state index contributed by atoms with van der Waals surface area (Å²) in [5.74, 6) is -9.56. The van der Waals surface area contributed by atoms with Gasteiger partial charge in [0.05, 0.1) is 35.6 Å². The van der Waals surface area contributed by atoms with E-state index in [1.165, 1.54) is 59.0 Å². The highest BCUT2D eigenvalue weighted by atomic mass is 16.6. The fourth-order valence-corrected chi connectivity index (χ4v) is 13.7. The molecule has 1 saturated heterocycles. The average Bonchev–Trinajstić information content (AvgIpc) is 0.670. The van der Waals surface area contributed by atoms with Crippen LogP contribution < -0.4 is 32.7 Å². The number of carbonyl (C=O) groups excluding carboxylic acids is 10. The van der Waals surface area contributed by atoms with Crippen molar-refractivity contribution in [2.24, 2.45) is 34.1 Å². The molecule has 3 aliphatic carbocycles. The van der Waals surface area contributed by atoms with E-state index in [1.54, 1.807) is 105 Å². The molecular formula is C71H89N7O18. The number of amides is 5. The molecule has 0 unspecified atom stereocenters. The number of rotatable bonds is 26.